The fraction of sp³-hybridized carbons (Fsp3) is 0.556. The second-order valence-electron chi connectivity index (χ2n) is 3.97. The molecule has 0 unspecified atom stereocenters. The summed E-state index contributed by atoms with van der Waals surface area (Å²) in [6.07, 6.45) is 1.40. The van der Waals surface area contributed by atoms with Crippen molar-refractivity contribution in [2.24, 2.45) is 0 Å². The highest BCUT2D eigenvalue weighted by Crippen LogP contribution is 2.09. The van der Waals surface area contributed by atoms with Crippen LogP contribution in [-0.2, 0) is 4.74 Å². The predicted molar refractivity (Wildman–Crippen MR) is 56.4 cm³/mol. The number of anilines is 1. The minimum atomic E-state index is -0.435. The van der Waals surface area contributed by atoms with E-state index in [4.69, 9.17) is 10.5 Å². The third kappa shape index (κ3) is 2.95. The minimum Gasteiger partial charge on any atom is -0.383 e. The maximum atomic E-state index is 11.7. The molecular formula is C9H16N4O2. The molecule has 0 saturated carbocycles. The number of nitrogens with one attached hydrogen (secondary N) is 2. The Kier molecular flexibility index (Phi) is 3.31. The summed E-state index contributed by atoms with van der Waals surface area (Å²) in [5.74, 6) is 0.00372. The summed E-state index contributed by atoms with van der Waals surface area (Å²) in [4.78, 5) is 11.7. The van der Waals surface area contributed by atoms with Crippen LogP contribution >= 0.6 is 0 Å². The van der Waals surface area contributed by atoms with E-state index in [1.807, 2.05) is 13.8 Å². The van der Waals surface area contributed by atoms with Crippen molar-refractivity contribution in [1.82, 2.24) is 15.5 Å². The normalized spacial score (nSPS) is 11.4. The Morgan fingerprint density at radius 3 is 2.87 bits per heavy atom. The van der Waals surface area contributed by atoms with Gasteiger partial charge in [-0.05, 0) is 13.8 Å². The number of methoxy groups -OCH3 is 1. The van der Waals surface area contributed by atoms with Gasteiger partial charge in [0, 0.05) is 7.11 Å². The van der Waals surface area contributed by atoms with Gasteiger partial charge in [0.25, 0.3) is 5.91 Å². The van der Waals surface area contributed by atoms with Crippen LogP contribution in [0, 0.1) is 0 Å². The molecule has 0 atom stereocenters. The molecule has 0 spiro atoms. The van der Waals surface area contributed by atoms with Gasteiger partial charge >= 0.3 is 0 Å². The Balaban J connectivity index is 2.68. The molecule has 0 bridgehead atoms. The van der Waals surface area contributed by atoms with Crippen molar-refractivity contribution in [2.75, 3.05) is 19.5 Å². The van der Waals surface area contributed by atoms with Crippen molar-refractivity contribution in [1.29, 1.82) is 0 Å². The number of nitrogens with two attached hydrogens (primary N) is 1. The number of amides is 1. The second-order valence-corrected chi connectivity index (χ2v) is 3.97. The third-order valence-electron chi connectivity index (χ3n) is 1.87. The first kappa shape index (κ1) is 11.5. The zero-order valence-electron chi connectivity index (χ0n) is 9.13. The molecule has 6 heteroatoms. The number of aromatic amines is 1. The number of ether oxygens (including phenoxy) is 1. The van der Waals surface area contributed by atoms with E-state index in [-0.39, 0.29) is 11.7 Å². The first-order valence-electron chi connectivity index (χ1n) is 4.56. The van der Waals surface area contributed by atoms with Gasteiger partial charge < -0.3 is 15.8 Å². The van der Waals surface area contributed by atoms with Gasteiger partial charge in [0.1, 0.15) is 11.4 Å². The first-order chi connectivity index (χ1) is 6.96. The Hall–Kier alpha value is -1.56. The van der Waals surface area contributed by atoms with E-state index in [0.29, 0.717) is 12.2 Å². The Morgan fingerprint density at radius 1 is 1.73 bits per heavy atom. The molecular weight excluding hydrogens is 196 g/mol. The van der Waals surface area contributed by atoms with Crippen LogP contribution in [0.25, 0.3) is 0 Å². The van der Waals surface area contributed by atoms with E-state index in [9.17, 15) is 4.79 Å². The van der Waals surface area contributed by atoms with Crippen LogP contribution in [0.4, 0.5) is 5.82 Å². The third-order valence-corrected chi connectivity index (χ3v) is 1.87. The molecule has 1 heterocycles. The fourth-order valence-electron chi connectivity index (χ4n) is 1.25. The van der Waals surface area contributed by atoms with Gasteiger partial charge in [-0.15, -0.1) is 0 Å². The highest BCUT2D eigenvalue weighted by atomic mass is 16.5. The second kappa shape index (κ2) is 4.31. The van der Waals surface area contributed by atoms with Crippen LogP contribution < -0.4 is 11.1 Å². The number of nitrogens with zero attached hydrogens (tertiary/aromatic N) is 1. The van der Waals surface area contributed by atoms with Crippen molar-refractivity contribution in [2.45, 2.75) is 19.4 Å². The van der Waals surface area contributed by atoms with E-state index < -0.39 is 5.54 Å². The zero-order chi connectivity index (χ0) is 11.5. The average Bonchev–Trinajstić information content (AvgIpc) is 2.50. The standard InChI is InChI=1S/C9H16N4O2/c1-9(2,5-15-3)12-8(14)6-4-11-13-7(6)10/h4H,5H2,1-3H3,(H,12,14)(H3,10,11,13). The van der Waals surface area contributed by atoms with Crippen LogP contribution in [0.15, 0.2) is 6.20 Å². The van der Waals surface area contributed by atoms with Crippen molar-refractivity contribution < 1.29 is 9.53 Å². The van der Waals surface area contributed by atoms with Crippen LogP contribution in [-0.4, -0.2) is 35.4 Å². The van der Waals surface area contributed by atoms with E-state index in [0.717, 1.165) is 0 Å². The molecule has 84 valence electrons. The van der Waals surface area contributed by atoms with Crippen molar-refractivity contribution >= 4 is 11.7 Å². The molecule has 0 aliphatic heterocycles. The Labute approximate surface area is 88.2 Å². The van der Waals surface area contributed by atoms with Crippen LogP contribution in [0.5, 0.6) is 0 Å². The molecule has 0 radical (unpaired) electrons. The van der Waals surface area contributed by atoms with Gasteiger partial charge in [0.15, 0.2) is 0 Å². The molecule has 0 saturated heterocycles. The molecule has 0 aliphatic rings. The van der Waals surface area contributed by atoms with Gasteiger partial charge in [-0.1, -0.05) is 0 Å². The van der Waals surface area contributed by atoms with Crippen molar-refractivity contribution in [3.8, 4) is 0 Å². The number of carbonyl (C=O) groups is 1. The molecule has 1 amide bonds. The highest BCUT2D eigenvalue weighted by Gasteiger charge is 2.22. The molecule has 0 aliphatic carbocycles. The van der Waals surface area contributed by atoms with Crippen molar-refractivity contribution in [3.05, 3.63) is 11.8 Å². The quantitative estimate of drug-likeness (QED) is 0.662. The topological polar surface area (TPSA) is 93.0 Å². The Bertz CT molecular complexity index is 346. The van der Waals surface area contributed by atoms with Gasteiger partial charge in [0.2, 0.25) is 0 Å². The number of H-pyrrole nitrogens is 1. The lowest BCUT2D eigenvalue weighted by Gasteiger charge is -2.24. The number of aromatic nitrogens is 2. The molecule has 0 fully saturated rings. The monoisotopic (exact) mass is 212 g/mol. The van der Waals surface area contributed by atoms with E-state index in [1.165, 1.54) is 6.20 Å². The molecule has 1 aromatic heterocycles. The van der Waals surface area contributed by atoms with E-state index in [2.05, 4.69) is 15.5 Å². The average molecular weight is 212 g/mol. The summed E-state index contributed by atoms with van der Waals surface area (Å²) in [5, 5.41) is 8.98. The van der Waals surface area contributed by atoms with Gasteiger partial charge in [-0.3, -0.25) is 9.89 Å². The number of carbonyl (C=O) groups excluding carboxylic acids is 1. The number of hydrogen-bond acceptors (Lipinski definition) is 4. The van der Waals surface area contributed by atoms with Gasteiger partial charge in [-0.2, -0.15) is 5.10 Å². The predicted octanol–water partition coefficient (Wildman–Crippen LogP) is 0.147. The lowest BCUT2D eigenvalue weighted by molar-refractivity contribution is 0.0821. The molecule has 15 heavy (non-hydrogen) atoms. The van der Waals surface area contributed by atoms with Gasteiger partial charge in [0.05, 0.1) is 18.3 Å². The number of nitrogen functional groups attached to an aromatic ring is 1. The van der Waals surface area contributed by atoms with Crippen LogP contribution in [0.3, 0.4) is 0 Å². The molecule has 0 aromatic carbocycles. The molecule has 1 aromatic rings. The summed E-state index contributed by atoms with van der Waals surface area (Å²) < 4.78 is 4.99. The van der Waals surface area contributed by atoms with Crippen LogP contribution in [0.1, 0.15) is 24.2 Å². The van der Waals surface area contributed by atoms with Gasteiger partial charge in [-0.25, -0.2) is 0 Å². The van der Waals surface area contributed by atoms with E-state index in [1.54, 1.807) is 7.11 Å². The zero-order valence-corrected chi connectivity index (χ0v) is 9.13. The summed E-state index contributed by atoms with van der Waals surface area (Å²) in [5.41, 5.74) is 5.44. The van der Waals surface area contributed by atoms with Crippen LogP contribution in [0.2, 0.25) is 0 Å². The lowest BCUT2D eigenvalue weighted by Crippen LogP contribution is -2.46. The largest absolute Gasteiger partial charge is 0.383 e. The maximum Gasteiger partial charge on any atom is 0.257 e. The summed E-state index contributed by atoms with van der Waals surface area (Å²) in [6, 6.07) is 0. The molecule has 1 rings (SSSR count). The first-order valence-corrected chi connectivity index (χ1v) is 4.56. The number of rotatable bonds is 4. The lowest BCUT2D eigenvalue weighted by atomic mass is 10.1. The summed E-state index contributed by atoms with van der Waals surface area (Å²) >= 11 is 0. The summed E-state index contributed by atoms with van der Waals surface area (Å²) in [6.45, 7) is 4.16. The molecule has 6 nitrogen and oxygen atoms in total. The smallest absolute Gasteiger partial charge is 0.257 e. The minimum absolute atomic E-state index is 0.261. The Morgan fingerprint density at radius 2 is 2.40 bits per heavy atom. The fourth-order valence-corrected chi connectivity index (χ4v) is 1.25. The summed E-state index contributed by atoms with van der Waals surface area (Å²) in [7, 11) is 1.58. The molecule has 4 N–H and O–H groups in total. The maximum absolute atomic E-state index is 11.7. The SMILES string of the molecule is COCC(C)(C)NC(=O)c1cn[nH]c1N. The number of hydrogen-bond donors (Lipinski definition) is 3. The van der Waals surface area contributed by atoms with E-state index >= 15 is 0 Å². The highest BCUT2D eigenvalue weighted by molar-refractivity contribution is 5.98. The van der Waals surface area contributed by atoms with Crippen molar-refractivity contribution in [3.63, 3.8) is 0 Å².